The van der Waals surface area contributed by atoms with Crippen LogP contribution in [0.4, 0.5) is 0 Å². The molecular weight excluding hydrogens is 543 g/mol. The van der Waals surface area contributed by atoms with Crippen molar-refractivity contribution in [3.63, 3.8) is 0 Å². The van der Waals surface area contributed by atoms with Gasteiger partial charge in [-0.15, -0.1) is 11.3 Å². The second-order valence-corrected chi connectivity index (χ2v) is 14.4. The molecule has 5 heteroatoms. The Labute approximate surface area is 251 Å². The summed E-state index contributed by atoms with van der Waals surface area (Å²) in [4.78, 5) is 0. The van der Waals surface area contributed by atoms with E-state index in [2.05, 4.69) is 127 Å². The lowest BCUT2D eigenvalue weighted by atomic mass is 9.45. The van der Waals surface area contributed by atoms with Gasteiger partial charge in [-0.3, -0.25) is 0 Å². The van der Waals surface area contributed by atoms with E-state index in [1.54, 1.807) is 0 Å². The van der Waals surface area contributed by atoms with Gasteiger partial charge in [0, 0.05) is 43.0 Å². The third-order valence-electron chi connectivity index (χ3n) is 10.0. The zero-order chi connectivity index (χ0) is 28.4. The van der Waals surface area contributed by atoms with Gasteiger partial charge in [-0.05, 0) is 57.8 Å². The molecule has 2 aliphatic rings. The molecule has 43 heavy (non-hydrogen) atoms. The lowest BCUT2D eigenvalue weighted by Gasteiger charge is -2.35. The van der Waals surface area contributed by atoms with Gasteiger partial charge in [0.1, 0.15) is 5.58 Å². The summed E-state index contributed by atoms with van der Waals surface area (Å²) >= 11 is 1.92. The van der Waals surface area contributed by atoms with Crippen molar-refractivity contribution in [3.05, 3.63) is 103 Å². The van der Waals surface area contributed by atoms with E-state index in [-0.39, 0.29) is 12.3 Å². The topological polar surface area (TPSA) is 23.0 Å². The summed E-state index contributed by atoms with van der Waals surface area (Å²) in [6, 6.07) is 36.1. The van der Waals surface area contributed by atoms with Crippen molar-refractivity contribution >= 4 is 93.3 Å². The Morgan fingerprint density at radius 1 is 0.674 bits per heavy atom. The van der Waals surface area contributed by atoms with Crippen LogP contribution in [0.5, 0.6) is 0 Å². The highest BCUT2D eigenvalue weighted by molar-refractivity contribution is 7.26. The van der Waals surface area contributed by atoms with Crippen LogP contribution in [-0.4, -0.2) is 15.9 Å². The third kappa shape index (κ3) is 2.53. The SMILES string of the molecule is CC(C)(C)c1cc2c3c(c1)-n1c4c(cccc4c4sc5ccccc5c41)B3n1c3c-2cccc3c2oc3ccccc3c21. The van der Waals surface area contributed by atoms with E-state index < -0.39 is 0 Å². The monoisotopic (exact) mass is 568 g/mol. The highest BCUT2D eigenvalue weighted by atomic mass is 32.1. The highest BCUT2D eigenvalue weighted by Gasteiger charge is 2.43. The van der Waals surface area contributed by atoms with Gasteiger partial charge in [0.25, 0.3) is 0 Å². The van der Waals surface area contributed by atoms with Crippen LogP contribution in [0.1, 0.15) is 26.3 Å². The summed E-state index contributed by atoms with van der Waals surface area (Å²) in [7, 11) is 0. The van der Waals surface area contributed by atoms with Gasteiger partial charge in [-0.2, -0.15) is 0 Å². The highest BCUT2D eigenvalue weighted by Crippen LogP contribution is 2.48. The molecule has 0 N–H and O–H groups in total. The van der Waals surface area contributed by atoms with Crippen molar-refractivity contribution in [2.24, 2.45) is 0 Å². The van der Waals surface area contributed by atoms with E-state index in [1.165, 1.54) is 86.3 Å². The van der Waals surface area contributed by atoms with E-state index in [0.717, 1.165) is 11.2 Å². The van der Waals surface area contributed by atoms with Gasteiger partial charge < -0.3 is 13.5 Å². The van der Waals surface area contributed by atoms with E-state index in [4.69, 9.17) is 4.42 Å². The number of hydrogen-bond donors (Lipinski definition) is 0. The minimum atomic E-state index is -0.00274. The molecule has 0 amide bonds. The first-order chi connectivity index (χ1) is 21.0. The van der Waals surface area contributed by atoms with Gasteiger partial charge in [0.2, 0.25) is 0 Å². The molecule has 0 aliphatic carbocycles. The first kappa shape index (κ1) is 22.8. The Morgan fingerprint density at radius 3 is 2.33 bits per heavy atom. The molecule has 0 spiro atoms. The van der Waals surface area contributed by atoms with E-state index in [9.17, 15) is 0 Å². The molecule has 3 nitrogen and oxygen atoms in total. The van der Waals surface area contributed by atoms with Crippen LogP contribution in [0, 0.1) is 0 Å². The van der Waals surface area contributed by atoms with Crippen LogP contribution in [0.2, 0.25) is 0 Å². The van der Waals surface area contributed by atoms with Crippen molar-refractivity contribution in [2.45, 2.75) is 26.2 Å². The molecule has 6 heterocycles. The van der Waals surface area contributed by atoms with Crippen LogP contribution in [-0.2, 0) is 5.41 Å². The number of aromatic nitrogens is 2. The van der Waals surface area contributed by atoms with Crippen molar-refractivity contribution < 1.29 is 4.42 Å². The van der Waals surface area contributed by atoms with Gasteiger partial charge in [0.05, 0.1) is 21.3 Å². The Balaban J connectivity index is 1.43. The zero-order valence-electron chi connectivity index (χ0n) is 24.0. The predicted octanol–water partition coefficient (Wildman–Crippen LogP) is 9.10. The van der Waals surface area contributed by atoms with E-state index in [1.807, 2.05) is 11.3 Å². The van der Waals surface area contributed by atoms with Crippen LogP contribution < -0.4 is 10.9 Å². The number of furan rings is 1. The number of nitrogens with zero attached hydrogens (tertiary/aromatic N) is 2. The molecule has 0 unspecified atom stereocenters. The number of para-hydroxylation sites is 3. The van der Waals surface area contributed by atoms with E-state index >= 15 is 0 Å². The fraction of sp³-hybridized carbons (Fsp3) is 0.105. The Morgan fingerprint density at radius 2 is 1.44 bits per heavy atom. The smallest absolute Gasteiger partial charge is 0.333 e. The fourth-order valence-corrected chi connectivity index (χ4v) is 9.43. The Bertz CT molecular complexity index is 2730. The summed E-state index contributed by atoms with van der Waals surface area (Å²) in [5.41, 5.74) is 15.2. The molecule has 11 rings (SSSR count). The second-order valence-electron chi connectivity index (χ2n) is 13.3. The largest absolute Gasteiger partial charge is 0.454 e. The number of benzene rings is 5. The molecule has 2 aliphatic heterocycles. The molecule has 4 aromatic heterocycles. The Hall–Kier alpha value is -4.74. The molecule has 0 saturated carbocycles. The van der Waals surface area contributed by atoms with Crippen molar-refractivity contribution in [2.75, 3.05) is 0 Å². The first-order valence-electron chi connectivity index (χ1n) is 15.1. The maximum atomic E-state index is 6.65. The molecule has 0 bridgehead atoms. The molecule has 9 aromatic rings. The summed E-state index contributed by atoms with van der Waals surface area (Å²) in [6.45, 7) is 7.05. The molecule has 0 radical (unpaired) electrons. The van der Waals surface area contributed by atoms with Crippen molar-refractivity contribution in [1.29, 1.82) is 0 Å². The molecule has 0 saturated heterocycles. The maximum absolute atomic E-state index is 6.65. The molecule has 0 atom stereocenters. The lowest BCUT2D eigenvalue weighted by molar-refractivity contribution is 0.590. The molecule has 0 fully saturated rings. The third-order valence-corrected chi connectivity index (χ3v) is 11.2. The second kappa shape index (κ2) is 7.24. The average molecular weight is 569 g/mol. The summed E-state index contributed by atoms with van der Waals surface area (Å²) in [6.07, 6.45) is 0. The quantitative estimate of drug-likeness (QED) is 0.167. The number of hydrogen-bond acceptors (Lipinski definition) is 2. The van der Waals surface area contributed by atoms with Crippen LogP contribution in [0.25, 0.3) is 81.0 Å². The molecular formula is C38H25BN2OS. The first-order valence-corrected chi connectivity index (χ1v) is 15.9. The van der Waals surface area contributed by atoms with Gasteiger partial charge in [0.15, 0.2) is 5.58 Å². The van der Waals surface area contributed by atoms with Crippen LogP contribution >= 0.6 is 11.3 Å². The minimum absolute atomic E-state index is 0.00274. The van der Waals surface area contributed by atoms with E-state index in [0.29, 0.717) is 0 Å². The summed E-state index contributed by atoms with van der Waals surface area (Å²) in [5, 5.41) is 5.05. The number of fused-ring (bicyclic) bond motifs is 14. The maximum Gasteiger partial charge on any atom is 0.333 e. The van der Waals surface area contributed by atoms with Gasteiger partial charge >= 0.3 is 6.85 Å². The molecule has 5 aromatic carbocycles. The van der Waals surface area contributed by atoms with Crippen molar-refractivity contribution in [1.82, 2.24) is 9.05 Å². The fourth-order valence-electron chi connectivity index (χ4n) is 8.22. The number of thiophene rings is 1. The zero-order valence-corrected chi connectivity index (χ0v) is 24.8. The number of rotatable bonds is 0. The Kier molecular flexibility index (Phi) is 3.84. The van der Waals surface area contributed by atoms with Crippen molar-refractivity contribution in [3.8, 4) is 16.8 Å². The predicted molar refractivity (Wildman–Crippen MR) is 183 cm³/mol. The average Bonchev–Trinajstić information content (AvgIpc) is 3.75. The van der Waals surface area contributed by atoms with Crippen LogP contribution in [0.3, 0.4) is 0 Å². The lowest BCUT2D eigenvalue weighted by Crippen LogP contribution is -2.55. The van der Waals surface area contributed by atoms with Crippen LogP contribution in [0.15, 0.2) is 101 Å². The summed E-state index contributed by atoms with van der Waals surface area (Å²) < 4.78 is 14.6. The summed E-state index contributed by atoms with van der Waals surface area (Å²) in [5.74, 6) is 0. The van der Waals surface area contributed by atoms with Gasteiger partial charge in [-0.25, -0.2) is 0 Å². The normalized spacial score (nSPS) is 13.9. The standard InChI is InChI=1S/C38H25BN2OS/c1-38(2,3)20-18-26-21-12-8-13-24-32(21)41(34-22-10-4-6-16-29(22)42-36(24)34)39-27-15-9-14-25-33(27)40(28(19-20)31(26)39)35-23-11-5-7-17-30(23)43-37(25)35/h4-19H,1-3H3. The van der Waals surface area contributed by atoms with Gasteiger partial charge in [-0.1, -0.05) is 87.5 Å². The molecule has 202 valence electrons. The minimum Gasteiger partial charge on any atom is -0.454 e.